The maximum atomic E-state index is 13.7. The minimum Gasteiger partial charge on any atom is -0.376 e. The van der Waals surface area contributed by atoms with Crippen LogP contribution in [-0.2, 0) is 18.3 Å². The number of nitrogens with zero attached hydrogens (tertiary/aromatic N) is 4. The number of benzene rings is 1. The molecule has 3 aromatic rings. The normalized spacial score (nSPS) is 15.8. The Balaban J connectivity index is 1.69. The van der Waals surface area contributed by atoms with Gasteiger partial charge in [-0.15, -0.1) is 11.3 Å². The van der Waals surface area contributed by atoms with Crippen LogP contribution >= 0.6 is 11.3 Å². The van der Waals surface area contributed by atoms with Crippen LogP contribution in [0.1, 0.15) is 45.0 Å². The van der Waals surface area contributed by atoms with Crippen molar-refractivity contribution in [2.45, 2.75) is 46.3 Å². The summed E-state index contributed by atoms with van der Waals surface area (Å²) in [5, 5.41) is 4.81. The number of ether oxygens (including phenoxy) is 1. The Morgan fingerprint density at radius 2 is 1.97 bits per heavy atom. The fourth-order valence-electron chi connectivity index (χ4n) is 4.00. The van der Waals surface area contributed by atoms with Gasteiger partial charge in [0.05, 0.1) is 23.1 Å². The van der Waals surface area contributed by atoms with E-state index in [9.17, 15) is 9.59 Å². The van der Waals surface area contributed by atoms with Crippen molar-refractivity contribution in [1.82, 2.24) is 19.7 Å². The highest BCUT2D eigenvalue weighted by Gasteiger charge is 2.27. The van der Waals surface area contributed by atoms with Crippen LogP contribution in [0.5, 0.6) is 0 Å². The zero-order chi connectivity index (χ0) is 22.8. The molecule has 168 valence electrons. The number of hydrogen-bond acceptors (Lipinski definition) is 6. The third-order valence-electron chi connectivity index (χ3n) is 5.88. The van der Waals surface area contributed by atoms with Crippen molar-refractivity contribution in [2.75, 3.05) is 13.2 Å². The molecule has 7 nitrogen and oxygen atoms in total. The molecule has 4 rings (SSSR count). The molecule has 0 radical (unpaired) electrons. The highest BCUT2D eigenvalue weighted by molar-refractivity contribution is 7.17. The van der Waals surface area contributed by atoms with Crippen LogP contribution in [0.15, 0.2) is 35.1 Å². The summed E-state index contributed by atoms with van der Waals surface area (Å²) < 4.78 is 7.14. The van der Waals surface area contributed by atoms with Crippen LogP contribution in [0.3, 0.4) is 0 Å². The Hall–Kier alpha value is -2.84. The number of thiazole rings is 1. The molecule has 1 aromatic carbocycles. The van der Waals surface area contributed by atoms with Crippen molar-refractivity contribution in [3.05, 3.63) is 68.1 Å². The summed E-state index contributed by atoms with van der Waals surface area (Å²) in [4.78, 5) is 33.5. The van der Waals surface area contributed by atoms with Gasteiger partial charge in [0.15, 0.2) is 0 Å². The lowest BCUT2D eigenvalue weighted by Crippen LogP contribution is -2.36. The van der Waals surface area contributed by atoms with Crippen molar-refractivity contribution in [3.63, 3.8) is 0 Å². The second-order valence-electron chi connectivity index (χ2n) is 8.25. The van der Waals surface area contributed by atoms with E-state index in [-0.39, 0.29) is 17.6 Å². The van der Waals surface area contributed by atoms with E-state index in [0.29, 0.717) is 34.2 Å². The molecule has 0 N–H and O–H groups in total. The van der Waals surface area contributed by atoms with Gasteiger partial charge >= 0.3 is 0 Å². The van der Waals surface area contributed by atoms with Gasteiger partial charge in [-0.2, -0.15) is 5.10 Å². The van der Waals surface area contributed by atoms with E-state index in [0.717, 1.165) is 36.3 Å². The quantitative estimate of drug-likeness (QED) is 0.571. The second kappa shape index (κ2) is 9.34. The Morgan fingerprint density at radius 3 is 2.66 bits per heavy atom. The summed E-state index contributed by atoms with van der Waals surface area (Å²) in [6.45, 7) is 7.35. The van der Waals surface area contributed by atoms with Gasteiger partial charge in [-0.25, -0.2) is 9.67 Å². The molecule has 1 unspecified atom stereocenters. The predicted octanol–water partition coefficient (Wildman–Crippen LogP) is 3.65. The van der Waals surface area contributed by atoms with Crippen LogP contribution in [0.2, 0.25) is 0 Å². The summed E-state index contributed by atoms with van der Waals surface area (Å²) >= 11 is 1.28. The van der Waals surface area contributed by atoms with Gasteiger partial charge in [-0.05, 0) is 44.7 Å². The van der Waals surface area contributed by atoms with Crippen molar-refractivity contribution in [1.29, 1.82) is 0 Å². The number of carbonyl (C=O) groups is 1. The van der Waals surface area contributed by atoms with Gasteiger partial charge in [0, 0.05) is 26.7 Å². The first kappa shape index (κ1) is 22.4. The van der Waals surface area contributed by atoms with Gasteiger partial charge in [-0.1, -0.05) is 30.3 Å². The summed E-state index contributed by atoms with van der Waals surface area (Å²) in [7, 11) is 1.63. The summed E-state index contributed by atoms with van der Waals surface area (Å²) in [5.74, 6) is -0.0779. The van der Waals surface area contributed by atoms with Crippen molar-refractivity contribution in [2.24, 2.45) is 7.05 Å². The molecule has 2 aromatic heterocycles. The molecule has 0 bridgehead atoms. The Morgan fingerprint density at radius 1 is 1.22 bits per heavy atom. The average Bonchev–Trinajstić information content (AvgIpc) is 3.42. The van der Waals surface area contributed by atoms with Crippen LogP contribution in [0.4, 0.5) is 0 Å². The fraction of sp³-hybridized carbons (Fsp3) is 0.417. The lowest BCUT2D eigenvalue weighted by molar-refractivity contribution is 0.0510. The van der Waals surface area contributed by atoms with Crippen LogP contribution < -0.4 is 5.56 Å². The van der Waals surface area contributed by atoms with Crippen molar-refractivity contribution >= 4 is 17.2 Å². The van der Waals surface area contributed by atoms with E-state index in [1.54, 1.807) is 7.05 Å². The number of carbonyl (C=O) groups excluding carboxylic acids is 1. The first-order valence-corrected chi connectivity index (χ1v) is 11.6. The summed E-state index contributed by atoms with van der Waals surface area (Å²) in [6, 6.07) is 9.96. The molecule has 1 saturated heterocycles. The zero-order valence-corrected chi connectivity index (χ0v) is 19.7. The largest absolute Gasteiger partial charge is 0.376 e. The Bertz CT molecular complexity index is 1180. The molecule has 1 aliphatic heterocycles. The maximum Gasteiger partial charge on any atom is 0.277 e. The number of hydrogen-bond donors (Lipinski definition) is 0. The van der Waals surface area contributed by atoms with E-state index >= 15 is 0 Å². The van der Waals surface area contributed by atoms with Crippen molar-refractivity contribution in [3.8, 4) is 10.6 Å². The first-order chi connectivity index (χ1) is 15.3. The molecule has 1 amide bonds. The second-order valence-corrected chi connectivity index (χ2v) is 9.25. The molecule has 1 aliphatic rings. The van der Waals surface area contributed by atoms with E-state index < -0.39 is 0 Å². The van der Waals surface area contributed by atoms with Gasteiger partial charge in [0.1, 0.15) is 9.88 Å². The molecule has 0 aliphatic carbocycles. The molecular formula is C24H28N4O3S. The van der Waals surface area contributed by atoms with Crippen LogP contribution in [0.25, 0.3) is 10.6 Å². The maximum absolute atomic E-state index is 13.7. The average molecular weight is 453 g/mol. The fourth-order valence-corrected chi connectivity index (χ4v) is 5.13. The molecule has 1 fully saturated rings. The molecule has 8 heteroatoms. The van der Waals surface area contributed by atoms with Gasteiger partial charge in [-0.3, -0.25) is 9.59 Å². The van der Waals surface area contributed by atoms with Crippen LogP contribution in [0, 0.1) is 20.8 Å². The Labute approximate surface area is 191 Å². The molecule has 0 saturated carbocycles. The van der Waals surface area contributed by atoms with Gasteiger partial charge < -0.3 is 9.64 Å². The highest BCUT2D eigenvalue weighted by Crippen LogP contribution is 2.30. The van der Waals surface area contributed by atoms with Gasteiger partial charge in [0.25, 0.3) is 11.5 Å². The first-order valence-electron chi connectivity index (χ1n) is 10.8. The molecular weight excluding hydrogens is 424 g/mol. The lowest BCUT2D eigenvalue weighted by atomic mass is 10.1. The topological polar surface area (TPSA) is 77.3 Å². The van der Waals surface area contributed by atoms with E-state index in [4.69, 9.17) is 4.74 Å². The SMILES string of the molecule is Cc1nc(-c2c(C)c(C)nn(C)c2=O)sc1C(=O)N(Cc1ccccc1)CC1CCCO1. The molecule has 1 atom stereocenters. The van der Waals surface area contributed by atoms with Gasteiger partial charge in [0.2, 0.25) is 0 Å². The highest BCUT2D eigenvalue weighted by atomic mass is 32.1. The van der Waals surface area contributed by atoms with Crippen molar-refractivity contribution < 1.29 is 9.53 Å². The third kappa shape index (κ3) is 4.52. The van der Waals surface area contributed by atoms with E-state index in [1.165, 1.54) is 16.0 Å². The molecule has 32 heavy (non-hydrogen) atoms. The number of aryl methyl sites for hydroxylation is 3. The van der Waals surface area contributed by atoms with Crippen LogP contribution in [-0.4, -0.2) is 44.8 Å². The number of aromatic nitrogens is 3. The predicted molar refractivity (Wildman–Crippen MR) is 125 cm³/mol. The summed E-state index contributed by atoms with van der Waals surface area (Å²) in [6.07, 6.45) is 2.02. The van der Waals surface area contributed by atoms with E-state index in [1.807, 2.05) is 56.0 Å². The Kier molecular flexibility index (Phi) is 6.53. The molecule has 3 heterocycles. The number of amides is 1. The zero-order valence-electron chi connectivity index (χ0n) is 18.9. The minimum atomic E-state index is -0.207. The smallest absolute Gasteiger partial charge is 0.277 e. The third-order valence-corrected chi connectivity index (χ3v) is 7.04. The number of rotatable bonds is 6. The lowest BCUT2D eigenvalue weighted by Gasteiger charge is -2.25. The standard InChI is InChI=1S/C24H28N4O3S/c1-15-16(2)26-27(4)23(29)20(15)22-25-17(3)21(32-22)24(30)28(14-19-11-8-12-31-19)13-18-9-6-5-7-10-18/h5-7,9-10,19H,8,11-14H2,1-4H3. The monoisotopic (exact) mass is 452 g/mol. The van der Waals surface area contributed by atoms with E-state index in [2.05, 4.69) is 10.1 Å². The summed E-state index contributed by atoms with van der Waals surface area (Å²) in [5.41, 5.74) is 3.57. The minimum absolute atomic E-state index is 0.0488. The molecule has 0 spiro atoms.